The molecule has 2 aromatic heterocycles. The maximum Gasteiger partial charge on any atom is 0.0549 e. The van der Waals surface area contributed by atoms with Gasteiger partial charge in [0.2, 0.25) is 0 Å². The lowest BCUT2D eigenvalue weighted by molar-refractivity contribution is 1.18. The molecule has 0 aliphatic rings. The summed E-state index contributed by atoms with van der Waals surface area (Å²) in [6.45, 7) is 0. The van der Waals surface area contributed by atoms with E-state index in [-0.39, 0.29) is 0 Å². The minimum absolute atomic E-state index is 1.16. The summed E-state index contributed by atoms with van der Waals surface area (Å²) in [4.78, 5) is 0. The Morgan fingerprint density at radius 3 is 1.38 bits per heavy atom. The first-order chi connectivity index (χ1) is 23.8. The highest BCUT2D eigenvalue weighted by Crippen LogP contribution is 2.43. The lowest BCUT2D eigenvalue weighted by Gasteiger charge is -2.12. The molecule has 10 aromatic rings. The van der Waals surface area contributed by atoms with Crippen molar-refractivity contribution in [2.45, 2.75) is 0 Å². The fourth-order valence-electron chi connectivity index (χ4n) is 7.75. The highest BCUT2D eigenvalue weighted by atomic mass is 15.0. The van der Waals surface area contributed by atoms with Crippen LogP contribution in [0.15, 0.2) is 182 Å². The average molecular weight is 611 g/mol. The lowest BCUT2D eigenvalue weighted by atomic mass is 10.0. The summed E-state index contributed by atoms with van der Waals surface area (Å²) in [5.74, 6) is 0. The number of hydrogen-bond donors (Lipinski definition) is 0. The molecular weight excluding hydrogens is 581 g/mol. The quantitative estimate of drug-likeness (QED) is 0.188. The Hall–Kier alpha value is -6.38. The topological polar surface area (TPSA) is 9.86 Å². The maximum absolute atomic E-state index is 2.45. The van der Waals surface area contributed by atoms with Gasteiger partial charge in [-0.3, -0.25) is 0 Å². The van der Waals surface area contributed by atoms with E-state index in [0.29, 0.717) is 0 Å². The van der Waals surface area contributed by atoms with E-state index in [4.69, 9.17) is 0 Å². The van der Waals surface area contributed by atoms with E-state index in [1.54, 1.807) is 0 Å². The predicted octanol–water partition coefficient (Wildman–Crippen LogP) is 12.4. The normalized spacial score (nSPS) is 11.8. The summed E-state index contributed by atoms with van der Waals surface area (Å²) >= 11 is 0. The van der Waals surface area contributed by atoms with Gasteiger partial charge >= 0.3 is 0 Å². The highest BCUT2D eigenvalue weighted by Gasteiger charge is 2.21. The fraction of sp³-hybridized carbons (Fsp3) is 0. The fourth-order valence-corrected chi connectivity index (χ4v) is 7.75. The number of aromatic nitrogens is 2. The van der Waals surface area contributed by atoms with Crippen molar-refractivity contribution in [2.75, 3.05) is 0 Å². The van der Waals surface area contributed by atoms with Gasteiger partial charge in [-0.2, -0.15) is 0 Å². The van der Waals surface area contributed by atoms with Crippen LogP contribution in [0.2, 0.25) is 0 Å². The van der Waals surface area contributed by atoms with Crippen molar-refractivity contribution in [1.29, 1.82) is 0 Å². The molecular formula is C46H30N2. The van der Waals surface area contributed by atoms with Gasteiger partial charge in [-0.15, -0.1) is 0 Å². The maximum atomic E-state index is 2.45. The molecule has 8 aromatic carbocycles. The Balaban J connectivity index is 1.17. The smallest absolute Gasteiger partial charge is 0.0549 e. The van der Waals surface area contributed by atoms with E-state index in [1.807, 2.05) is 0 Å². The molecule has 0 unspecified atom stereocenters. The Labute approximate surface area is 278 Å². The van der Waals surface area contributed by atoms with Crippen molar-refractivity contribution >= 4 is 54.4 Å². The van der Waals surface area contributed by atoms with Crippen LogP contribution in [0.4, 0.5) is 0 Å². The van der Waals surface area contributed by atoms with Crippen molar-refractivity contribution in [3.8, 4) is 33.6 Å². The third-order valence-corrected chi connectivity index (χ3v) is 9.93. The lowest BCUT2D eigenvalue weighted by Crippen LogP contribution is -1.96. The van der Waals surface area contributed by atoms with E-state index in [1.165, 1.54) is 82.3 Å². The van der Waals surface area contributed by atoms with Gasteiger partial charge < -0.3 is 9.13 Å². The first-order valence-corrected chi connectivity index (χ1v) is 16.5. The van der Waals surface area contributed by atoms with Crippen molar-refractivity contribution in [3.05, 3.63) is 182 Å². The zero-order chi connectivity index (χ0) is 31.6. The van der Waals surface area contributed by atoms with Crippen LogP contribution in [0.5, 0.6) is 0 Å². The van der Waals surface area contributed by atoms with Crippen LogP contribution in [0.25, 0.3) is 88.0 Å². The monoisotopic (exact) mass is 610 g/mol. The number of rotatable bonds is 4. The van der Waals surface area contributed by atoms with Crippen LogP contribution in [0.1, 0.15) is 0 Å². The van der Waals surface area contributed by atoms with E-state index < -0.39 is 0 Å². The molecule has 0 fully saturated rings. The Morgan fingerprint density at radius 2 is 0.729 bits per heavy atom. The molecule has 0 aliphatic heterocycles. The van der Waals surface area contributed by atoms with Crippen molar-refractivity contribution in [2.24, 2.45) is 0 Å². The van der Waals surface area contributed by atoms with Gasteiger partial charge in [0.1, 0.15) is 0 Å². The first kappa shape index (κ1) is 26.8. The van der Waals surface area contributed by atoms with Crippen LogP contribution in [-0.4, -0.2) is 9.13 Å². The molecule has 0 saturated carbocycles. The number of hydrogen-bond acceptors (Lipinski definition) is 0. The second-order valence-corrected chi connectivity index (χ2v) is 12.5. The largest absolute Gasteiger partial charge is 0.309 e. The zero-order valence-corrected chi connectivity index (χ0v) is 26.2. The van der Waals surface area contributed by atoms with Gasteiger partial charge in [0.05, 0.1) is 27.8 Å². The second kappa shape index (κ2) is 10.6. The van der Waals surface area contributed by atoms with E-state index >= 15 is 0 Å². The molecule has 0 saturated heterocycles. The molecule has 0 aliphatic carbocycles. The summed E-state index contributed by atoms with van der Waals surface area (Å²) in [5, 5.41) is 7.61. The SMILES string of the molecule is c1ccc(-c2ccc(-c3ccc(-n4c5ccccc5c5c6c7ccccc7n(-c7cccc8ccccc78)c6ccc54)cc3)cc2)cc1. The zero-order valence-electron chi connectivity index (χ0n) is 26.2. The third-order valence-electron chi connectivity index (χ3n) is 9.93. The molecule has 10 rings (SSSR count). The molecule has 0 N–H and O–H groups in total. The van der Waals surface area contributed by atoms with Crippen LogP contribution >= 0.6 is 0 Å². The molecule has 48 heavy (non-hydrogen) atoms. The molecule has 224 valence electrons. The summed E-state index contributed by atoms with van der Waals surface area (Å²) in [5.41, 5.74) is 12.1. The van der Waals surface area contributed by atoms with Crippen LogP contribution < -0.4 is 0 Å². The highest BCUT2D eigenvalue weighted by molar-refractivity contribution is 6.29. The molecule has 2 nitrogen and oxygen atoms in total. The molecule has 0 amide bonds. The second-order valence-electron chi connectivity index (χ2n) is 12.5. The van der Waals surface area contributed by atoms with Gasteiger partial charge in [0.15, 0.2) is 0 Å². The van der Waals surface area contributed by atoms with Gasteiger partial charge in [0.25, 0.3) is 0 Å². The van der Waals surface area contributed by atoms with Crippen LogP contribution in [0, 0.1) is 0 Å². The summed E-state index contributed by atoms with van der Waals surface area (Å²) in [7, 11) is 0. The molecule has 2 heteroatoms. The molecule has 0 spiro atoms. The standard InChI is InChI=1S/C46H30N2/c1-2-11-31(12-3-1)32-21-23-33(24-22-32)34-25-27-36(28-26-34)47-41-18-8-6-16-38(41)45-43(47)29-30-44-46(45)39-17-7-9-19-42(39)48(44)40-20-10-14-35-13-4-5-15-37(35)40/h1-30H. The average Bonchev–Trinajstić information content (AvgIpc) is 3.68. The molecule has 0 radical (unpaired) electrons. The summed E-state index contributed by atoms with van der Waals surface area (Å²) in [6, 6.07) is 66.1. The van der Waals surface area contributed by atoms with Crippen LogP contribution in [-0.2, 0) is 0 Å². The number of benzene rings is 8. The predicted molar refractivity (Wildman–Crippen MR) is 203 cm³/mol. The first-order valence-electron chi connectivity index (χ1n) is 16.5. The van der Waals surface area contributed by atoms with Crippen molar-refractivity contribution in [3.63, 3.8) is 0 Å². The van der Waals surface area contributed by atoms with Crippen molar-refractivity contribution in [1.82, 2.24) is 9.13 Å². The molecule has 2 heterocycles. The third kappa shape index (κ3) is 4.00. The van der Waals surface area contributed by atoms with E-state index in [0.717, 1.165) is 5.69 Å². The van der Waals surface area contributed by atoms with Gasteiger partial charge in [-0.1, -0.05) is 140 Å². The minimum atomic E-state index is 1.16. The van der Waals surface area contributed by atoms with Gasteiger partial charge in [-0.05, 0) is 70.1 Å². The number of fused-ring (bicyclic) bond motifs is 8. The van der Waals surface area contributed by atoms with Crippen molar-refractivity contribution < 1.29 is 0 Å². The van der Waals surface area contributed by atoms with Gasteiger partial charge in [0, 0.05) is 32.6 Å². The summed E-state index contributed by atoms with van der Waals surface area (Å²) < 4.78 is 4.88. The Bertz CT molecular complexity index is 2790. The van der Waals surface area contributed by atoms with Crippen LogP contribution in [0.3, 0.4) is 0 Å². The molecule has 0 bridgehead atoms. The summed E-state index contributed by atoms with van der Waals surface area (Å²) in [6.07, 6.45) is 0. The van der Waals surface area contributed by atoms with E-state index in [2.05, 4.69) is 191 Å². The Kier molecular flexibility index (Phi) is 5.91. The van der Waals surface area contributed by atoms with E-state index in [9.17, 15) is 0 Å². The van der Waals surface area contributed by atoms with Gasteiger partial charge in [-0.25, -0.2) is 0 Å². The number of nitrogens with zero attached hydrogens (tertiary/aromatic N) is 2. The number of para-hydroxylation sites is 2. The minimum Gasteiger partial charge on any atom is -0.309 e. The molecule has 0 atom stereocenters. The Morgan fingerprint density at radius 1 is 0.271 bits per heavy atom.